The minimum absolute atomic E-state index is 0.00201. The third kappa shape index (κ3) is 6.41. The highest BCUT2D eigenvalue weighted by Crippen LogP contribution is 2.29. The van der Waals surface area contributed by atoms with E-state index in [2.05, 4.69) is 10.6 Å². The lowest BCUT2D eigenvalue weighted by molar-refractivity contribution is -0.117. The fourth-order valence-electron chi connectivity index (χ4n) is 4.25. The second-order valence-corrected chi connectivity index (χ2v) is 9.90. The zero-order valence-corrected chi connectivity index (χ0v) is 20.8. The number of likely N-dealkylation sites (tertiary alicyclic amines) is 1. The summed E-state index contributed by atoms with van der Waals surface area (Å²) in [5.41, 5.74) is 2.45. The number of fused-ring (bicyclic) bond motifs is 1. The van der Waals surface area contributed by atoms with Crippen LogP contribution in [-0.2, 0) is 20.9 Å². The van der Waals surface area contributed by atoms with Crippen molar-refractivity contribution in [3.63, 3.8) is 0 Å². The molecule has 9 nitrogen and oxygen atoms in total. The number of anilines is 1. The first kappa shape index (κ1) is 25.2. The van der Waals surface area contributed by atoms with Crippen molar-refractivity contribution < 1.29 is 23.9 Å². The number of hydrogen-bond donors (Lipinski definition) is 2. The van der Waals surface area contributed by atoms with Crippen LogP contribution in [0.15, 0.2) is 59.6 Å². The fourth-order valence-corrected chi connectivity index (χ4v) is 4.25. The number of benzodiazepines with no additional fused rings is 1. The molecule has 2 aromatic carbocycles. The van der Waals surface area contributed by atoms with Gasteiger partial charge in [0, 0.05) is 30.3 Å². The Hall–Kier alpha value is -3.88. The van der Waals surface area contributed by atoms with Crippen molar-refractivity contribution in [3.05, 3.63) is 65.7 Å². The monoisotopic (exact) mass is 492 g/mol. The molecular weight excluding hydrogens is 460 g/mol. The quantitative estimate of drug-likeness (QED) is 0.660. The van der Waals surface area contributed by atoms with E-state index in [1.54, 1.807) is 4.90 Å². The van der Waals surface area contributed by atoms with E-state index in [1.165, 1.54) is 0 Å². The molecule has 2 aliphatic heterocycles. The van der Waals surface area contributed by atoms with Crippen LogP contribution in [0.25, 0.3) is 0 Å². The van der Waals surface area contributed by atoms with Crippen LogP contribution in [0.4, 0.5) is 15.3 Å². The zero-order chi connectivity index (χ0) is 25.7. The Morgan fingerprint density at radius 2 is 1.72 bits per heavy atom. The molecule has 1 fully saturated rings. The Morgan fingerprint density at radius 1 is 1.06 bits per heavy atom. The summed E-state index contributed by atoms with van der Waals surface area (Å²) >= 11 is 0. The Kier molecular flexibility index (Phi) is 7.57. The maximum Gasteiger partial charge on any atom is 0.410 e. The highest BCUT2D eigenvalue weighted by atomic mass is 16.6. The van der Waals surface area contributed by atoms with Gasteiger partial charge in [-0.3, -0.25) is 15.1 Å². The molecule has 3 amide bonds. The first-order valence-electron chi connectivity index (χ1n) is 12.1. The van der Waals surface area contributed by atoms with Crippen LogP contribution in [0.3, 0.4) is 0 Å². The van der Waals surface area contributed by atoms with Crippen LogP contribution in [0, 0.1) is 5.92 Å². The number of alkyl carbamates (subject to hydrolysis) is 1. The summed E-state index contributed by atoms with van der Waals surface area (Å²) in [6.07, 6.45) is -0.883. The van der Waals surface area contributed by atoms with Gasteiger partial charge in [0.25, 0.3) is 5.91 Å². The third-order valence-corrected chi connectivity index (χ3v) is 5.98. The number of aliphatic imine (C=N–C) groups is 1. The van der Waals surface area contributed by atoms with Gasteiger partial charge in [0.1, 0.15) is 12.2 Å². The Balaban J connectivity index is 1.48. The standard InChI is InChI=1S/C27H32N4O5/c1-27(2,3)36-26(34)31-15-13-19(14-16-31)22-20-11-7-8-12-21(20)28-24(32)23(29-22)30-25(33)35-17-18-9-5-4-6-10-18/h4-12,19,23H,13-17H2,1-3H3,(H,28,32)(H,30,33)/t23-/m1/s1. The number of para-hydroxylation sites is 1. The summed E-state index contributed by atoms with van der Waals surface area (Å²) < 4.78 is 10.8. The maximum atomic E-state index is 12.9. The van der Waals surface area contributed by atoms with E-state index in [0.29, 0.717) is 31.6 Å². The molecule has 2 heterocycles. The molecule has 0 aliphatic carbocycles. The van der Waals surface area contributed by atoms with Gasteiger partial charge in [-0.1, -0.05) is 48.5 Å². The van der Waals surface area contributed by atoms with Crippen molar-refractivity contribution >= 4 is 29.5 Å². The van der Waals surface area contributed by atoms with Crippen LogP contribution in [-0.4, -0.2) is 53.6 Å². The average molecular weight is 493 g/mol. The zero-order valence-electron chi connectivity index (χ0n) is 20.8. The molecule has 36 heavy (non-hydrogen) atoms. The van der Waals surface area contributed by atoms with Crippen molar-refractivity contribution in [2.24, 2.45) is 10.9 Å². The number of nitrogens with one attached hydrogen (secondary N) is 2. The number of benzene rings is 2. The number of carbonyl (C=O) groups is 3. The first-order chi connectivity index (χ1) is 17.2. The summed E-state index contributed by atoms with van der Waals surface area (Å²) in [6.45, 7) is 6.64. The molecule has 9 heteroatoms. The third-order valence-electron chi connectivity index (χ3n) is 5.98. The first-order valence-corrected chi connectivity index (χ1v) is 12.1. The van der Waals surface area contributed by atoms with E-state index in [4.69, 9.17) is 14.5 Å². The second kappa shape index (κ2) is 10.8. The topological polar surface area (TPSA) is 109 Å². The Morgan fingerprint density at radius 3 is 2.42 bits per heavy atom. The molecule has 0 radical (unpaired) electrons. The van der Waals surface area contributed by atoms with Crippen molar-refractivity contribution in [2.45, 2.75) is 52.0 Å². The summed E-state index contributed by atoms with van der Waals surface area (Å²) in [5.74, 6) is -0.442. The van der Waals surface area contributed by atoms with Gasteiger partial charge in [-0.05, 0) is 45.2 Å². The van der Waals surface area contributed by atoms with Crippen LogP contribution >= 0.6 is 0 Å². The van der Waals surface area contributed by atoms with E-state index in [0.717, 1.165) is 16.8 Å². The molecule has 2 aromatic rings. The molecule has 2 N–H and O–H groups in total. The number of nitrogens with zero attached hydrogens (tertiary/aromatic N) is 2. The number of amides is 3. The van der Waals surface area contributed by atoms with E-state index in [1.807, 2.05) is 75.4 Å². The summed E-state index contributed by atoms with van der Waals surface area (Å²) in [6, 6.07) is 16.7. The Bertz CT molecular complexity index is 1130. The molecule has 0 spiro atoms. The number of carbonyl (C=O) groups excluding carboxylic acids is 3. The number of rotatable bonds is 4. The SMILES string of the molecule is CC(C)(C)OC(=O)N1CCC(C2=N[C@H](NC(=O)OCc3ccccc3)C(=O)Nc3ccccc32)CC1. The Labute approximate surface area is 210 Å². The number of piperidine rings is 1. The average Bonchev–Trinajstić information content (AvgIpc) is 2.98. The van der Waals surface area contributed by atoms with Gasteiger partial charge in [0.15, 0.2) is 0 Å². The van der Waals surface area contributed by atoms with Crippen molar-refractivity contribution in [1.82, 2.24) is 10.2 Å². The second-order valence-electron chi connectivity index (χ2n) is 9.90. The van der Waals surface area contributed by atoms with Gasteiger partial charge < -0.3 is 19.7 Å². The van der Waals surface area contributed by atoms with Crippen molar-refractivity contribution in [3.8, 4) is 0 Å². The van der Waals surface area contributed by atoms with Crippen molar-refractivity contribution in [1.29, 1.82) is 0 Å². The molecule has 0 saturated carbocycles. The van der Waals surface area contributed by atoms with Gasteiger partial charge in [-0.15, -0.1) is 0 Å². The molecule has 190 valence electrons. The summed E-state index contributed by atoms with van der Waals surface area (Å²) in [5, 5.41) is 5.46. The number of hydrogen-bond acceptors (Lipinski definition) is 6. The minimum Gasteiger partial charge on any atom is -0.445 e. The van der Waals surface area contributed by atoms with Crippen LogP contribution in [0.1, 0.15) is 44.7 Å². The molecule has 0 bridgehead atoms. The molecule has 0 unspecified atom stereocenters. The van der Waals surface area contributed by atoms with Crippen LogP contribution in [0.5, 0.6) is 0 Å². The molecule has 4 rings (SSSR count). The highest BCUT2D eigenvalue weighted by Gasteiger charge is 2.33. The lowest BCUT2D eigenvalue weighted by Crippen LogP contribution is -2.44. The van der Waals surface area contributed by atoms with Gasteiger partial charge >= 0.3 is 12.2 Å². The minimum atomic E-state index is -1.14. The van der Waals surface area contributed by atoms with Gasteiger partial charge in [-0.25, -0.2) is 9.59 Å². The molecular formula is C27H32N4O5. The largest absolute Gasteiger partial charge is 0.445 e. The van der Waals surface area contributed by atoms with Crippen molar-refractivity contribution in [2.75, 3.05) is 18.4 Å². The smallest absolute Gasteiger partial charge is 0.410 e. The highest BCUT2D eigenvalue weighted by molar-refractivity contribution is 6.13. The normalized spacial score (nSPS) is 18.3. The molecule has 2 aliphatic rings. The molecule has 1 saturated heterocycles. The van der Waals surface area contributed by atoms with Crippen LogP contribution in [0.2, 0.25) is 0 Å². The van der Waals surface area contributed by atoms with E-state index in [9.17, 15) is 14.4 Å². The molecule has 1 atom stereocenters. The van der Waals surface area contributed by atoms with Gasteiger partial charge in [0.2, 0.25) is 6.17 Å². The predicted molar refractivity (Wildman–Crippen MR) is 136 cm³/mol. The van der Waals surface area contributed by atoms with Gasteiger partial charge in [-0.2, -0.15) is 0 Å². The molecule has 0 aromatic heterocycles. The fraction of sp³-hybridized carbons (Fsp3) is 0.407. The number of ether oxygens (including phenoxy) is 2. The van der Waals surface area contributed by atoms with Gasteiger partial charge in [0.05, 0.1) is 5.71 Å². The maximum absolute atomic E-state index is 12.9. The summed E-state index contributed by atoms with van der Waals surface area (Å²) in [4.78, 5) is 44.3. The van der Waals surface area contributed by atoms with E-state index >= 15 is 0 Å². The van der Waals surface area contributed by atoms with E-state index < -0.39 is 23.8 Å². The van der Waals surface area contributed by atoms with Crippen LogP contribution < -0.4 is 10.6 Å². The lowest BCUT2D eigenvalue weighted by Gasteiger charge is -2.34. The predicted octanol–water partition coefficient (Wildman–Crippen LogP) is 4.33. The lowest BCUT2D eigenvalue weighted by atomic mass is 9.87. The summed E-state index contributed by atoms with van der Waals surface area (Å²) in [7, 11) is 0. The van der Waals surface area contributed by atoms with E-state index in [-0.39, 0.29) is 18.6 Å².